The molecule has 0 spiro atoms. The van der Waals surface area contributed by atoms with Crippen LogP contribution >= 0.6 is 0 Å². The molecule has 0 aliphatic carbocycles. The summed E-state index contributed by atoms with van der Waals surface area (Å²) in [5.74, 6) is -0.327. The Balaban J connectivity index is 1.62. The maximum absolute atomic E-state index is 13.3. The van der Waals surface area contributed by atoms with Crippen molar-refractivity contribution in [3.05, 3.63) is 65.7 Å². The molecule has 1 fully saturated rings. The minimum absolute atomic E-state index is 0.130. The summed E-state index contributed by atoms with van der Waals surface area (Å²) >= 11 is 0. The maximum Gasteiger partial charge on any atom is 0.243 e. The van der Waals surface area contributed by atoms with Crippen LogP contribution in [-0.4, -0.2) is 68.3 Å². The van der Waals surface area contributed by atoms with Crippen LogP contribution in [0.1, 0.15) is 50.7 Å². The molecule has 1 atom stereocenters. The molecule has 202 valence electrons. The van der Waals surface area contributed by atoms with Gasteiger partial charge in [0.1, 0.15) is 6.04 Å². The molecule has 0 unspecified atom stereocenters. The van der Waals surface area contributed by atoms with Crippen molar-refractivity contribution in [1.82, 2.24) is 14.5 Å². The minimum atomic E-state index is -3.46. The molecule has 0 radical (unpaired) electrons. The molecule has 0 saturated carbocycles. The van der Waals surface area contributed by atoms with Crippen molar-refractivity contribution in [3.8, 4) is 0 Å². The number of amides is 2. The van der Waals surface area contributed by atoms with E-state index in [1.165, 1.54) is 4.31 Å². The van der Waals surface area contributed by atoms with Gasteiger partial charge in [-0.25, -0.2) is 8.42 Å². The molecule has 1 aliphatic rings. The molecule has 1 heterocycles. The van der Waals surface area contributed by atoms with Gasteiger partial charge >= 0.3 is 0 Å². The largest absolute Gasteiger partial charge is 0.382 e. The maximum atomic E-state index is 13.3. The molecule has 3 rings (SSSR count). The monoisotopic (exact) mass is 529 g/mol. The van der Waals surface area contributed by atoms with Crippen molar-refractivity contribution in [2.24, 2.45) is 0 Å². The third-order valence-electron chi connectivity index (χ3n) is 6.59. The van der Waals surface area contributed by atoms with Crippen LogP contribution in [0.2, 0.25) is 0 Å². The van der Waals surface area contributed by atoms with Gasteiger partial charge in [0.05, 0.1) is 4.90 Å². The number of benzene rings is 2. The van der Waals surface area contributed by atoms with E-state index in [0.29, 0.717) is 52.2 Å². The normalized spacial score (nSPS) is 14.9. The van der Waals surface area contributed by atoms with Crippen molar-refractivity contribution in [2.75, 3.05) is 32.8 Å². The van der Waals surface area contributed by atoms with E-state index in [9.17, 15) is 18.0 Å². The summed E-state index contributed by atoms with van der Waals surface area (Å²) in [6.45, 7) is 6.84. The summed E-state index contributed by atoms with van der Waals surface area (Å²) < 4.78 is 32.4. The van der Waals surface area contributed by atoms with Gasteiger partial charge in [-0.1, -0.05) is 42.5 Å². The van der Waals surface area contributed by atoms with Crippen LogP contribution in [0.5, 0.6) is 0 Å². The fourth-order valence-electron chi connectivity index (χ4n) is 4.34. The topological polar surface area (TPSA) is 96.0 Å². The number of aryl methyl sites for hydroxylation is 1. The van der Waals surface area contributed by atoms with Crippen LogP contribution in [0.15, 0.2) is 59.5 Å². The lowest BCUT2D eigenvalue weighted by Gasteiger charge is -2.29. The van der Waals surface area contributed by atoms with E-state index >= 15 is 0 Å². The number of ether oxygens (including phenoxy) is 1. The van der Waals surface area contributed by atoms with E-state index in [4.69, 9.17) is 4.74 Å². The SMILES string of the molecule is CCOCCCNC(=O)[C@H](C)N(Cc1ccccc1)C(=O)CCc1ccc(S(=O)(=O)N2CCCC2)cc1. The average molecular weight is 530 g/mol. The van der Waals surface area contributed by atoms with Crippen LogP contribution in [-0.2, 0) is 37.3 Å². The van der Waals surface area contributed by atoms with Crippen molar-refractivity contribution in [1.29, 1.82) is 0 Å². The van der Waals surface area contributed by atoms with Gasteiger partial charge in [0, 0.05) is 45.8 Å². The van der Waals surface area contributed by atoms with Crippen LogP contribution < -0.4 is 5.32 Å². The highest BCUT2D eigenvalue weighted by molar-refractivity contribution is 7.89. The molecule has 37 heavy (non-hydrogen) atoms. The van der Waals surface area contributed by atoms with Gasteiger partial charge < -0.3 is 15.0 Å². The van der Waals surface area contributed by atoms with E-state index < -0.39 is 16.1 Å². The summed E-state index contributed by atoms with van der Waals surface area (Å²) in [6, 6.07) is 15.8. The highest BCUT2D eigenvalue weighted by Gasteiger charge is 2.28. The number of carbonyl (C=O) groups excluding carboxylic acids is 2. The van der Waals surface area contributed by atoms with E-state index in [2.05, 4.69) is 5.32 Å². The minimum Gasteiger partial charge on any atom is -0.382 e. The van der Waals surface area contributed by atoms with E-state index in [1.807, 2.05) is 37.3 Å². The molecule has 1 aliphatic heterocycles. The van der Waals surface area contributed by atoms with Crippen molar-refractivity contribution < 1.29 is 22.7 Å². The van der Waals surface area contributed by atoms with Crippen LogP contribution in [0.3, 0.4) is 0 Å². The lowest BCUT2D eigenvalue weighted by atomic mass is 10.1. The molecular weight excluding hydrogens is 490 g/mol. The Bertz CT molecular complexity index is 1100. The number of nitrogens with one attached hydrogen (secondary N) is 1. The van der Waals surface area contributed by atoms with Gasteiger partial charge in [-0.05, 0) is 62.8 Å². The fraction of sp³-hybridized carbons (Fsp3) is 0.500. The molecule has 0 aromatic heterocycles. The Kier molecular flexibility index (Phi) is 11.1. The van der Waals surface area contributed by atoms with Gasteiger partial charge in [-0.3, -0.25) is 9.59 Å². The Morgan fingerprint density at radius 1 is 1.03 bits per heavy atom. The molecule has 1 N–H and O–H groups in total. The van der Waals surface area contributed by atoms with Gasteiger partial charge in [-0.15, -0.1) is 0 Å². The first-order chi connectivity index (χ1) is 17.8. The molecule has 2 aromatic rings. The lowest BCUT2D eigenvalue weighted by Crippen LogP contribution is -2.48. The van der Waals surface area contributed by atoms with Crippen molar-refractivity contribution in [2.45, 2.75) is 63.4 Å². The Morgan fingerprint density at radius 2 is 1.70 bits per heavy atom. The second-order valence-electron chi connectivity index (χ2n) is 9.28. The predicted octanol–water partition coefficient (Wildman–Crippen LogP) is 3.36. The molecule has 9 heteroatoms. The zero-order valence-electron chi connectivity index (χ0n) is 21.9. The first-order valence-corrected chi connectivity index (χ1v) is 14.5. The number of hydrogen-bond acceptors (Lipinski definition) is 5. The summed E-state index contributed by atoms with van der Waals surface area (Å²) in [5, 5.41) is 2.91. The quantitative estimate of drug-likeness (QED) is 0.379. The van der Waals surface area contributed by atoms with Crippen LogP contribution in [0, 0.1) is 0 Å². The molecule has 2 aromatic carbocycles. The Labute approximate surface area is 221 Å². The zero-order valence-corrected chi connectivity index (χ0v) is 22.7. The molecule has 1 saturated heterocycles. The summed E-state index contributed by atoms with van der Waals surface area (Å²) in [7, 11) is -3.46. The summed E-state index contributed by atoms with van der Waals surface area (Å²) in [5.41, 5.74) is 1.82. The summed E-state index contributed by atoms with van der Waals surface area (Å²) in [4.78, 5) is 28.0. The second kappa shape index (κ2) is 14.3. The second-order valence-corrected chi connectivity index (χ2v) is 11.2. The highest BCUT2D eigenvalue weighted by Crippen LogP contribution is 2.21. The highest BCUT2D eigenvalue weighted by atomic mass is 32.2. The Morgan fingerprint density at radius 3 is 2.35 bits per heavy atom. The Hall–Kier alpha value is -2.75. The third-order valence-corrected chi connectivity index (χ3v) is 8.50. The molecule has 2 amide bonds. The summed E-state index contributed by atoms with van der Waals surface area (Å²) in [6.07, 6.45) is 3.16. The van der Waals surface area contributed by atoms with Gasteiger partial charge in [0.2, 0.25) is 21.8 Å². The number of rotatable bonds is 14. The number of hydrogen-bond donors (Lipinski definition) is 1. The first kappa shape index (κ1) is 28.8. The average Bonchev–Trinajstić information content (AvgIpc) is 3.47. The fourth-order valence-corrected chi connectivity index (χ4v) is 5.86. The van der Waals surface area contributed by atoms with Gasteiger partial charge in [-0.2, -0.15) is 4.31 Å². The smallest absolute Gasteiger partial charge is 0.243 e. The lowest BCUT2D eigenvalue weighted by molar-refractivity contribution is -0.140. The number of sulfonamides is 1. The van der Waals surface area contributed by atoms with Crippen molar-refractivity contribution in [3.63, 3.8) is 0 Å². The van der Waals surface area contributed by atoms with Gasteiger partial charge in [0.15, 0.2) is 0 Å². The van der Waals surface area contributed by atoms with E-state index in [1.54, 1.807) is 36.1 Å². The molecular formula is C28H39N3O5S. The molecule has 8 nitrogen and oxygen atoms in total. The first-order valence-electron chi connectivity index (χ1n) is 13.1. The third kappa shape index (κ3) is 8.38. The van der Waals surface area contributed by atoms with Crippen molar-refractivity contribution >= 4 is 21.8 Å². The number of nitrogens with zero attached hydrogens (tertiary/aromatic N) is 2. The zero-order chi connectivity index (χ0) is 26.7. The predicted molar refractivity (Wildman–Crippen MR) is 143 cm³/mol. The van der Waals surface area contributed by atoms with E-state index in [0.717, 1.165) is 24.0 Å². The molecule has 0 bridgehead atoms. The van der Waals surface area contributed by atoms with Crippen LogP contribution in [0.4, 0.5) is 0 Å². The van der Waals surface area contributed by atoms with E-state index in [-0.39, 0.29) is 23.1 Å². The van der Waals surface area contributed by atoms with Gasteiger partial charge in [0.25, 0.3) is 0 Å². The van der Waals surface area contributed by atoms with Crippen LogP contribution in [0.25, 0.3) is 0 Å². The standard InChI is InChI=1S/C28H39N3O5S/c1-3-36-21-9-18-29-28(33)23(2)31(22-25-10-5-4-6-11-25)27(32)17-14-24-12-15-26(16-13-24)37(34,35)30-19-7-8-20-30/h4-6,10-13,15-16,23H,3,7-9,14,17-22H2,1-2H3,(H,29,33)/t23-/m0/s1. The number of carbonyl (C=O) groups is 2.